The van der Waals surface area contributed by atoms with Crippen molar-refractivity contribution in [1.29, 1.82) is 0 Å². The van der Waals surface area contributed by atoms with Gasteiger partial charge in [0, 0.05) is 6.42 Å². The molecule has 1 aromatic rings. The zero-order valence-corrected chi connectivity index (χ0v) is 10.2. The average Bonchev–Trinajstić information content (AvgIpc) is 2.13. The van der Waals surface area contributed by atoms with Gasteiger partial charge in [0.05, 0.1) is 15.2 Å². The van der Waals surface area contributed by atoms with E-state index in [0.29, 0.717) is 11.4 Å². The highest BCUT2D eigenvalue weighted by molar-refractivity contribution is 9.10. The van der Waals surface area contributed by atoms with Crippen LogP contribution in [0.5, 0.6) is 0 Å². The Labute approximate surface area is 96.8 Å². The van der Waals surface area contributed by atoms with E-state index in [0.717, 1.165) is 16.6 Å². The molecule has 0 radical (unpaired) electrons. The van der Waals surface area contributed by atoms with E-state index >= 15 is 0 Å². The van der Waals surface area contributed by atoms with Gasteiger partial charge in [-0.3, -0.25) is 4.79 Å². The van der Waals surface area contributed by atoms with E-state index < -0.39 is 0 Å². The van der Waals surface area contributed by atoms with Gasteiger partial charge in [-0.05, 0) is 34.5 Å². The minimum absolute atomic E-state index is 0.00969. The first-order chi connectivity index (χ1) is 6.65. The molecule has 0 aliphatic carbocycles. The second-order valence-electron chi connectivity index (χ2n) is 2.90. The second kappa shape index (κ2) is 5.37. The molecule has 0 aliphatic heterocycles. The van der Waals surface area contributed by atoms with Crippen LogP contribution in [0.4, 0.5) is 5.69 Å². The normalized spacial score (nSPS) is 9.93. The summed E-state index contributed by atoms with van der Waals surface area (Å²) in [4.78, 5) is 11.3. The standard InChI is InChI=1S/C10H11BrClNO/c1-2-4-9(14)13-8-6-3-5-7(12)10(8)11/h3,5-6H,2,4H2,1H3,(H,13,14). The van der Waals surface area contributed by atoms with Crippen LogP contribution in [0.1, 0.15) is 19.8 Å². The minimum atomic E-state index is 0.00969. The van der Waals surface area contributed by atoms with Gasteiger partial charge in [0.1, 0.15) is 0 Å². The van der Waals surface area contributed by atoms with Crippen LogP contribution < -0.4 is 5.32 Å². The average molecular weight is 277 g/mol. The largest absolute Gasteiger partial charge is 0.325 e. The van der Waals surface area contributed by atoms with Gasteiger partial charge in [-0.1, -0.05) is 24.6 Å². The Hall–Kier alpha value is -0.540. The summed E-state index contributed by atoms with van der Waals surface area (Å²) in [6, 6.07) is 5.37. The Morgan fingerprint density at radius 3 is 2.93 bits per heavy atom. The summed E-state index contributed by atoms with van der Waals surface area (Å²) < 4.78 is 0.728. The van der Waals surface area contributed by atoms with Gasteiger partial charge in [0.2, 0.25) is 5.91 Å². The summed E-state index contributed by atoms with van der Waals surface area (Å²) in [5, 5.41) is 3.38. The molecule has 0 saturated carbocycles. The van der Waals surface area contributed by atoms with Crippen LogP contribution in [0, 0.1) is 0 Å². The van der Waals surface area contributed by atoms with Crippen LogP contribution >= 0.6 is 27.5 Å². The molecule has 76 valence electrons. The second-order valence-corrected chi connectivity index (χ2v) is 4.10. The molecule has 0 heterocycles. The third kappa shape index (κ3) is 3.00. The summed E-state index contributed by atoms with van der Waals surface area (Å²) in [6.07, 6.45) is 1.36. The molecular weight excluding hydrogens is 265 g/mol. The van der Waals surface area contributed by atoms with Crippen LogP contribution in [0.25, 0.3) is 0 Å². The fourth-order valence-corrected chi connectivity index (χ4v) is 1.58. The first kappa shape index (κ1) is 11.5. The molecular formula is C10H11BrClNO. The molecule has 0 atom stereocenters. The minimum Gasteiger partial charge on any atom is -0.325 e. The predicted octanol–water partition coefficient (Wildman–Crippen LogP) is 3.84. The maximum atomic E-state index is 11.3. The van der Waals surface area contributed by atoms with Crippen LogP contribution in [0.3, 0.4) is 0 Å². The molecule has 14 heavy (non-hydrogen) atoms. The lowest BCUT2D eigenvalue weighted by Crippen LogP contribution is -2.10. The number of carbonyl (C=O) groups is 1. The third-order valence-electron chi connectivity index (χ3n) is 1.70. The fourth-order valence-electron chi connectivity index (χ4n) is 1.04. The Morgan fingerprint density at radius 2 is 2.29 bits per heavy atom. The summed E-state index contributed by atoms with van der Waals surface area (Å²) in [7, 11) is 0. The Balaban J connectivity index is 2.76. The van der Waals surface area contributed by atoms with E-state index in [1.807, 2.05) is 13.0 Å². The molecule has 1 aromatic carbocycles. The van der Waals surface area contributed by atoms with Crippen LogP contribution in [0.2, 0.25) is 5.02 Å². The molecule has 0 unspecified atom stereocenters. The van der Waals surface area contributed by atoms with Crippen molar-refractivity contribution in [2.75, 3.05) is 5.32 Å². The molecule has 0 spiro atoms. The lowest BCUT2D eigenvalue weighted by Gasteiger charge is -2.07. The van der Waals surface area contributed by atoms with E-state index in [1.54, 1.807) is 12.1 Å². The number of rotatable bonds is 3. The van der Waals surface area contributed by atoms with E-state index in [4.69, 9.17) is 11.6 Å². The number of carbonyl (C=O) groups excluding carboxylic acids is 1. The molecule has 4 heteroatoms. The van der Waals surface area contributed by atoms with Crippen LogP contribution in [-0.4, -0.2) is 5.91 Å². The van der Waals surface area contributed by atoms with E-state index in [1.165, 1.54) is 0 Å². The van der Waals surface area contributed by atoms with Gasteiger partial charge in [-0.25, -0.2) is 0 Å². The van der Waals surface area contributed by atoms with E-state index in [9.17, 15) is 4.79 Å². The molecule has 0 saturated heterocycles. The van der Waals surface area contributed by atoms with E-state index in [2.05, 4.69) is 21.2 Å². The van der Waals surface area contributed by atoms with Gasteiger partial charge >= 0.3 is 0 Å². The summed E-state index contributed by atoms with van der Waals surface area (Å²) in [5.41, 5.74) is 0.718. The Kier molecular flexibility index (Phi) is 4.42. The summed E-state index contributed by atoms with van der Waals surface area (Å²) in [6.45, 7) is 1.96. The highest BCUT2D eigenvalue weighted by atomic mass is 79.9. The van der Waals surface area contributed by atoms with Crippen LogP contribution in [-0.2, 0) is 4.79 Å². The van der Waals surface area contributed by atoms with Crippen molar-refractivity contribution in [3.8, 4) is 0 Å². The van der Waals surface area contributed by atoms with Crippen molar-refractivity contribution >= 4 is 39.1 Å². The van der Waals surface area contributed by atoms with Crippen molar-refractivity contribution in [2.45, 2.75) is 19.8 Å². The SMILES string of the molecule is CCCC(=O)Nc1cccc(Cl)c1Br. The zero-order chi connectivity index (χ0) is 10.6. The fraction of sp³-hybridized carbons (Fsp3) is 0.300. The monoisotopic (exact) mass is 275 g/mol. The van der Waals surface area contributed by atoms with Crippen molar-refractivity contribution in [2.24, 2.45) is 0 Å². The molecule has 1 amide bonds. The molecule has 1 rings (SSSR count). The highest BCUT2D eigenvalue weighted by Gasteiger charge is 2.06. The third-order valence-corrected chi connectivity index (χ3v) is 3.10. The van der Waals surface area contributed by atoms with Gasteiger partial charge in [0.15, 0.2) is 0 Å². The number of hydrogen-bond donors (Lipinski definition) is 1. The first-order valence-electron chi connectivity index (χ1n) is 4.39. The van der Waals surface area contributed by atoms with Crippen LogP contribution in [0.15, 0.2) is 22.7 Å². The molecule has 0 aliphatic rings. The van der Waals surface area contributed by atoms with Crippen molar-refractivity contribution in [3.05, 3.63) is 27.7 Å². The lowest BCUT2D eigenvalue weighted by molar-refractivity contribution is -0.116. The maximum absolute atomic E-state index is 11.3. The molecule has 0 aromatic heterocycles. The number of nitrogens with one attached hydrogen (secondary N) is 1. The number of amides is 1. The molecule has 0 bridgehead atoms. The number of benzene rings is 1. The van der Waals surface area contributed by atoms with Gasteiger partial charge < -0.3 is 5.32 Å². The smallest absolute Gasteiger partial charge is 0.224 e. The number of halogens is 2. The molecule has 0 fully saturated rings. The molecule has 2 nitrogen and oxygen atoms in total. The quantitative estimate of drug-likeness (QED) is 0.893. The van der Waals surface area contributed by atoms with Crippen molar-refractivity contribution in [3.63, 3.8) is 0 Å². The maximum Gasteiger partial charge on any atom is 0.224 e. The van der Waals surface area contributed by atoms with Gasteiger partial charge in [0.25, 0.3) is 0 Å². The van der Waals surface area contributed by atoms with E-state index in [-0.39, 0.29) is 5.91 Å². The van der Waals surface area contributed by atoms with Gasteiger partial charge in [-0.15, -0.1) is 0 Å². The Bertz CT molecular complexity index is 341. The lowest BCUT2D eigenvalue weighted by atomic mass is 10.3. The van der Waals surface area contributed by atoms with Crippen molar-refractivity contribution in [1.82, 2.24) is 0 Å². The highest BCUT2D eigenvalue weighted by Crippen LogP contribution is 2.29. The molecule has 1 N–H and O–H groups in total. The van der Waals surface area contributed by atoms with Gasteiger partial charge in [-0.2, -0.15) is 0 Å². The topological polar surface area (TPSA) is 29.1 Å². The zero-order valence-electron chi connectivity index (χ0n) is 7.81. The van der Waals surface area contributed by atoms with Crippen molar-refractivity contribution < 1.29 is 4.79 Å². The first-order valence-corrected chi connectivity index (χ1v) is 5.56. The Morgan fingerprint density at radius 1 is 1.57 bits per heavy atom. The summed E-state index contributed by atoms with van der Waals surface area (Å²) in [5.74, 6) is 0.00969. The number of anilines is 1. The summed E-state index contributed by atoms with van der Waals surface area (Å²) >= 11 is 9.19. The predicted molar refractivity (Wildman–Crippen MR) is 62.7 cm³/mol. The number of hydrogen-bond acceptors (Lipinski definition) is 1.